The second-order valence-electron chi connectivity index (χ2n) is 5.27. The minimum absolute atomic E-state index is 0.0990. The molecule has 1 saturated heterocycles. The predicted molar refractivity (Wildman–Crippen MR) is 44.4 cm³/mol. The fourth-order valence-corrected chi connectivity index (χ4v) is 3.52. The highest BCUT2D eigenvalue weighted by Crippen LogP contribution is 2.69. The smallest absolute Gasteiger partial charge is 0.185 e. The largest absolute Gasteiger partial charge is 0.366 e. The molecule has 12 heavy (non-hydrogen) atoms. The second-order valence-corrected chi connectivity index (χ2v) is 5.27. The zero-order valence-corrected chi connectivity index (χ0v) is 7.71. The zero-order valence-electron chi connectivity index (χ0n) is 7.71. The highest BCUT2D eigenvalue weighted by Gasteiger charge is 2.72. The van der Waals surface area contributed by atoms with Crippen LogP contribution in [0.5, 0.6) is 0 Å². The van der Waals surface area contributed by atoms with Crippen molar-refractivity contribution in [2.75, 3.05) is 0 Å². The summed E-state index contributed by atoms with van der Waals surface area (Å²) in [6.07, 6.45) is 3.18. The van der Waals surface area contributed by atoms with Crippen LogP contribution in [0.3, 0.4) is 0 Å². The fraction of sp³-hybridized carbons (Fsp3) is 1.00. The highest BCUT2D eigenvalue weighted by atomic mass is 16.7. The Morgan fingerprint density at radius 2 is 2.08 bits per heavy atom. The summed E-state index contributed by atoms with van der Waals surface area (Å²) >= 11 is 0. The van der Waals surface area contributed by atoms with E-state index >= 15 is 0 Å². The van der Waals surface area contributed by atoms with Crippen LogP contribution in [0, 0.1) is 17.3 Å². The average molecular weight is 168 g/mol. The van der Waals surface area contributed by atoms with Crippen LogP contribution < -0.4 is 0 Å². The lowest BCUT2D eigenvalue weighted by Gasteiger charge is -2.59. The van der Waals surface area contributed by atoms with Gasteiger partial charge in [-0.05, 0) is 36.5 Å². The van der Waals surface area contributed by atoms with Crippen molar-refractivity contribution in [3.63, 3.8) is 0 Å². The molecule has 4 unspecified atom stereocenters. The minimum Gasteiger partial charge on any atom is -0.366 e. The van der Waals surface area contributed by atoms with E-state index in [1.807, 2.05) is 0 Å². The summed E-state index contributed by atoms with van der Waals surface area (Å²) in [7, 11) is 0. The molecule has 4 fully saturated rings. The molecule has 2 nitrogen and oxygen atoms in total. The number of rotatable bonds is 0. The third kappa shape index (κ3) is 0.579. The van der Waals surface area contributed by atoms with Gasteiger partial charge >= 0.3 is 0 Å². The molecule has 3 aliphatic carbocycles. The van der Waals surface area contributed by atoms with E-state index in [2.05, 4.69) is 13.8 Å². The molecule has 1 heterocycles. The lowest BCUT2D eigenvalue weighted by atomic mass is 9.45. The van der Waals surface area contributed by atoms with Crippen molar-refractivity contribution in [1.82, 2.24) is 0 Å². The third-order valence-electron chi connectivity index (χ3n) is 4.64. The van der Waals surface area contributed by atoms with Crippen LogP contribution in [0.2, 0.25) is 0 Å². The van der Waals surface area contributed by atoms with Gasteiger partial charge in [0.25, 0.3) is 0 Å². The molecule has 3 saturated carbocycles. The lowest BCUT2D eigenvalue weighted by molar-refractivity contribution is -0.117. The van der Waals surface area contributed by atoms with Crippen LogP contribution in [0.15, 0.2) is 0 Å². The van der Waals surface area contributed by atoms with Crippen LogP contribution >= 0.6 is 0 Å². The van der Waals surface area contributed by atoms with Crippen LogP contribution in [0.4, 0.5) is 0 Å². The molecular formula is C10H16O2. The van der Waals surface area contributed by atoms with Gasteiger partial charge in [0.2, 0.25) is 0 Å². The van der Waals surface area contributed by atoms with Gasteiger partial charge in [-0.3, -0.25) is 0 Å². The van der Waals surface area contributed by atoms with Gasteiger partial charge in [0, 0.05) is 0 Å². The molecule has 1 N–H and O–H groups in total. The third-order valence-corrected chi connectivity index (χ3v) is 4.64. The van der Waals surface area contributed by atoms with Crippen molar-refractivity contribution >= 4 is 0 Å². The number of hydrogen-bond donors (Lipinski definition) is 1. The van der Waals surface area contributed by atoms with Crippen LogP contribution in [-0.4, -0.2) is 17.0 Å². The number of fused-ring (bicyclic) bond motifs is 1. The van der Waals surface area contributed by atoms with E-state index in [9.17, 15) is 5.11 Å². The Morgan fingerprint density at radius 1 is 1.42 bits per heavy atom. The van der Waals surface area contributed by atoms with Crippen molar-refractivity contribution in [1.29, 1.82) is 0 Å². The number of aliphatic hydroxyl groups is 1. The van der Waals surface area contributed by atoms with E-state index in [-0.39, 0.29) is 5.60 Å². The van der Waals surface area contributed by atoms with Gasteiger partial charge < -0.3 is 9.84 Å². The monoisotopic (exact) mass is 168 g/mol. The van der Waals surface area contributed by atoms with Crippen molar-refractivity contribution < 1.29 is 9.84 Å². The van der Waals surface area contributed by atoms with Crippen molar-refractivity contribution in [2.24, 2.45) is 17.3 Å². The number of aliphatic hydroxyl groups excluding tert-OH is 1. The Bertz CT molecular complexity index is 234. The molecule has 2 bridgehead atoms. The van der Waals surface area contributed by atoms with Crippen LogP contribution in [0.25, 0.3) is 0 Å². The van der Waals surface area contributed by atoms with E-state index in [1.54, 1.807) is 0 Å². The first-order chi connectivity index (χ1) is 5.57. The van der Waals surface area contributed by atoms with E-state index < -0.39 is 6.29 Å². The summed E-state index contributed by atoms with van der Waals surface area (Å²) in [5.41, 5.74) is 0.327. The molecule has 0 aromatic carbocycles. The molecule has 4 aliphatic rings. The highest BCUT2D eigenvalue weighted by molar-refractivity contribution is 5.17. The van der Waals surface area contributed by atoms with E-state index in [4.69, 9.17) is 4.74 Å². The average Bonchev–Trinajstić information content (AvgIpc) is 2.60. The van der Waals surface area contributed by atoms with Crippen molar-refractivity contribution in [3.05, 3.63) is 0 Å². The van der Waals surface area contributed by atoms with Gasteiger partial charge in [-0.25, -0.2) is 0 Å². The van der Waals surface area contributed by atoms with Gasteiger partial charge in [0.05, 0.1) is 0 Å². The molecule has 0 radical (unpaired) electrons. The molecule has 68 valence electrons. The first kappa shape index (κ1) is 7.34. The molecule has 2 heteroatoms. The minimum atomic E-state index is -0.442. The molecule has 1 aliphatic heterocycles. The number of epoxide rings is 1. The zero-order chi connectivity index (χ0) is 8.56. The molecule has 0 amide bonds. The maximum absolute atomic E-state index is 9.45. The Labute approximate surface area is 72.9 Å². The number of ether oxygens (including phenoxy) is 1. The molecular weight excluding hydrogens is 152 g/mol. The SMILES string of the molecule is CC1(C)C2CCC3(OC3O)C1C2. The molecule has 1 spiro atoms. The predicted octanol–water partition coefficient (Wildman–Crippen LogP) is 1.53. The topological polar surface area (TPSA) is 32.8 Å². The first-order valence-electron chi connectivity index (χ1n) is 4.93. The molecule has 4 atom stereocenters. The Balaban J connectivity index is 1.92. The second kappa shape index (κ2) is 1.73. The van der Waals surface area contributed by atoms with Crippen LogP contribution in [-0.2, 0) is 4.74 Å². The molecule has 0 aromatic rings. The maximum Gasteiger partial charge on any atom is 0.185 e. The number of hydrogen-bond acceptors (Lipinski definition) is 2. The Hall–Kier alpha value is -0.0800. The summed E-state index contributed by atoms with van der Waals surface area (Å²) in [5.74, 6) is 1.52. The summed E-state index contributed by atoms with van der Waals surface area (Å²) in [5, 5.41) is 9.45. The van der Waals surface area contributed by atoms with Gasteiger partial charge in [0.15, 0.2) is 6.29 Å². The fourth-order valence-electron chi connectivity index (χ4n) is 3.52. The van der Waals surface area contributed by atoms with Crippen LogP contribution in [0.1, 0.15) is 33.1 Å². The van der Waals surface area contributed by atoms with E-state index in [0.717, 1.165) is 12.3 Å². The summed E-state index contributed by atoms with van der Waals surface area (Å²) in [6, 6.07) is 0. The van der Waals surface area contributed by atoms with Gasteiger partial charge in [-0.15, -0.1) is 0 Å². The summed E-state index contributed by atoms with van der Waals surface area (Å²) in [4.78, 5) is 0. The van der Waals surface area contributed by atoms with Crippen molar-refractivity contribution in [2.45, 2.75) is 45.0 Å². The molecule has 0 aromatic heterocycles. The maximum atomic E-state index is 9.45. The van der Waals surface area contributed by atoms with Gasteiger partial charge in [-0.2, -0.15) is 0 Å². The van der Waals surface area contributed by atoms with E-state index in [0.29, 0.717) is 11.3 Å². The Kier molecular flexibility index (Phi) is 1.06. The normalized spacial score (nSPS) is 59.8. The lowest BCUT2D eigenvalue weighted by Crippen LogP contribution is -2.57. The molecule has 4 rings (SSSR count). The summed E-state index contributed by atoms with van der Waals surface area (Å²) < 4.78 is 5.39. The quantitative estimate of drug-likeness (QED) is 0.556. The Morgan fingerprint density at radius 3 is 2.42 bits per heavy atom. The first-order valence-corrected chi connectivity index (χ1v) is 4.93. The van der Waals surface area contributed by atoms with E-state index in [1.165, 1.54) is 12.8 Å². The van der Waals surface area contributed by atoms with Crippen molar-refractivity contribution in [3.8, 4) is 0 Å². The van der Waals surface area contributed by atoms with Gasteiger partial charge in [-0.1, -0.05) is 13.8 Å². The summed E-state index contributed by atoms with van der Waals surface area (Å²) in [6.45, 7) is 4.64. The standard InChI is InChI=1S/C10H16O2/c1-9(2)6-3-4-10(7(9)5-6)8(11)12-10/h6-8,11H,3-5H2,1-2H3. The van der Waals surface area contributed by atoms with Gasteiger partial charge in [0.1, 0.15) is 5.60 Å².